The SMILES string of the molecule is CCNc1cc2ncnc(NCc3ccc(CN(CC)CC)cc3)c2cc1[N+](=O)[O-]. The van der Waals surface area contributed by atoms with Gasteiger partial charge in [-0.15, -0.1) is 0 Å². The standard InChI is InChI=1S/C22H28N6O2/c1-4-23-20-12-19-18(11-21(20)28(29)30)22(26-15-25-19)24-13-16-7-9-17(10-8-16)14-27(5-2)6-3/h7-12,15,23H,4-6,13-14H2,1-3H3,(H,24,25,26). The maximum atomic E-state index is 11.5. The van der Waals surface area contributed by atoms with Crippen LogP contribution in [0.5, 0.6) is 0 Å². The van der Waals surface area contributed by atoms with E-state index in [0.29, 0.717) is 35.5 Å². The molecule has 3 rings (SSSR count). The number of aromatic nitrogens is 2. The summed E-state index contributed by atoms with van der Waals surface area (Å²) in [7, 11) is 0. The molecule has 0 amide bonds. The number of fused-ring (bicyclic) bond motifs is 1. The summed E-state index contributed by atoms with van der Waals surface area (Å²) < 4.78 is 0. The molecule has 1 heterocycles. The Hall–Kier alpha value is -3.26. The van der Waals surface area contributed by atoms with E-state index in [-0.39, 0.29) is 10.6 Å². The lowest BCUT2D eigenvalue weighted by atomic mass is 10.1. The molecule has 3 aromatic rings. The minimum Gasteiger partial charge on any atom is -0.380 e. The summed E-state index contributed by atoms with van der Waals surface area (Å²) >= 11 is 0. The second-order valence-electron chi connectivity index (χ2n) is 7.03. The zero-order valence-corrected chi connectivity index (χ0v) is 17.7. The van der Waals surface area contributed by atoms with Crippen molar-refractivity contribution < 1.29 is 4.92 Å². The number of nitrogens with one attached hydrogen (secondary N) is 2. The highest BCUT2D eigenvalue weighted by molar-refractivity contribution is 5.94. The Balaban J connectivity index is 1.79. The average molecular weight is 409 g/mol. The molecule has 0 spiro atoms. The Bertz CT molecular complexity index is 1000. The molecule has 0 aliphatic rings. The molecule has 0 saturated heterocycles. The van der Waals surface area contributed by atoms with Crippen molar-refractivity contribution in [1.29, 1.82) is 0 Å². The summed E-state index contributed by atoms with van der Waals surface area (Å²) in [5, 5.41) is 18.4. The molecule has 0 aliphatic heterocycles. The molecule has 0 saturated carbocycles. The number of hydrogen-bond donors (Lipinski definition) is 2. The van der Waals surface area contributed by atoms with Crippen LogP contribution >= 0.6 is 0 Å². The molecule has 0 radical (unpaired) electrons. The normalized spacial score (nSPS) is 11.1. The lowest BCUT2D eigenvalue weighted by Crippen LogP contribution is -2.22. The van der Waals surface area contributed by atoms with Crippen molar-refractivity contribution in [3.05, 3.63) is 64.0 Å². The van der Waals surface area contributed by atoms with E-state index < -0.39 is 0 Å². The minimum absolute atomic E-state index is 0.0166. The lowest BCUT2D eigenvalue weighted by Gasteiger charge is -2.18. The van der Waals surface area contributed by atoms with Gasteiger partial charge in [0.2, 0.25) is 0 Å². The van der Waals surface area contributed by atoms with Gasteiger partial charge in [-0.2, -0.15) is 0 Å². The highest BCUT2D eigenvalue weighted by atomic mass is 16.6. The zero-order valence-electron chi connectivity index (χ0n) is 17.7. The third-order valence-electron chi connectivity index (χ3n) is 5.10. The van der Waals surface area contributed by atoms with E-state index in [0.717, 1.165) is 25.2 Å². The van der Waals surface area contributed by atoms with Crippen molar-refractivity contribution in [3.8, 4) is 0 Å². The van der Waals surface area contributed by atoms with Crippen molar-refractivity contribution in [3.63, 3.8) is 0 Å². The van der Waals surface area contributed by atoms with Crippen molar-refractivity contribution in [2.24, 2.45) is 0 Å². The first-order valence-electron chi connectivity index (χ1n) is 10.3. The predicted molar refractivity (Wildman–Crippen MR) is 121 cm³/mol. The maximum Gasteiger partial charge on any atom is 0.293 e. The molecule has 0 atom stereocenters. The third-order valence-corrected chi connectivity index (χ3v) is 5.10. The molecular formula is C22H28N6O2. The van der Waals surface area contributed by atoms with Crippen LogP contribution in [0.1, 0.15) is 31.9 Å². The highest BCUT2D eigenvalue weighted by Crippen LogP contribution is 2.32. The molecule has 0 unspecified atom stereocenters. The van der Waals surface area contributed by atoms with Gasteiger partial charge in [0.25, 0.3) is 5.69 Å². The second-order valence-corrected chi connectivity index (χ2v) is 7.03. The van der Waals surface area contributed by atoms with Gasteiger partial charge in [0.1, 0.15) is 17.8 Å². The topological polar surface area (TPSA) is 96.2 Å². The van der Waals surface area contributed by atoms with E-state index >= 15 is 0 Å². The van der Waals surface area contributed by atoms with Crippen LogP contribution in [0, 0.1) is 10.1 Å². The van der Waals surface area contributed by atoms with Gasteiger partial charge in [0.15, 0.2) is 0 Å². The monoisotopic (exact) mass is 408 g/mol. The summed E-state index contributed by atoms with van der Waals surface area (Å²) in [6, 6.07) is 11.7. The number of benzene rings is 2. The molecule has 30 heavy (non-hydrogen) atoms. The predicted octanol–water partition coefficient (Wildman–Crippen LogP) is 4.42. The van der Waals surface area contributed by atoms with Gasteiger partial charge in [0.05, 0.1) is 10.4 Å². The van der Waals surface area contributed by atoms with Crippen molar-refractivity contribution >= 4 is 28.1 Å². The fourth-order valence-corrected chi connectivity index (χ4v) is 3.37. The van der Waals surface area contributed by atoms with E-state index in [4.69, 9.17) is 0 Å². The molecule has 1 aromatic heterocycles. The molecule has 0 aliphatic carbocycles. The first kappa shape index (κ1) is 21.4. The number of anilines is 2. The summed E-state index contributed by atoms with van der Waals surface area (Å²) in [4.78, 5) is 22.0. The Morgan fingerprint density at radius 1 is 1.00 bits per heavy atom. The summed E-state index contributed by atoms with van der Waals surface area (Å²) in [5.41, 5.74) is 3.53. The number of hydrogen-bond acceptors (Lipinski definition) is 7. The molecule has 0 bridgehead atoms. The van der Waals surface area contributed by atoms with E-state index in [9.17, 15) is 10.1 Å². The first-order valence-corrected chi connectivity index (χ1v) is 10.3. The Labute approximate surface area is 176 Å². The van der Waals surface area contributed by atoms with Gasteiger partial charge in [-0.3, -0.25) is 15.0 Å². The molecule has 158 valence electrons. The van der Waals surface area contributed by atoms with Gasteiger partial charge in [-0.25, -0.2) is 9.97 Å². The molecule has 8 nitrogen and oxygen atoms in total. The smallest absolute Gasteiger partial charge is 0.293 e. The maximum absolute atomic E-state index is 11.5. The fourth-order valence-electron chi connectivity index (χ4n) is 3.37. The Morgan fingerprint density at radius 3 is 2.33 bits per heavy atom. The Kier molecular flexibility index (Phi) is 7.13. The van der Waals surface area contributed by atoms with Crippen molar-refractivity contribution in [1.82, 2.24) is 14.9 Å². The van der Waals surface area contributed by atoms with E-state index in [2.05, 4.69) is 63.6 Å². The van der Waals surface area contributed by atoms with Crippen LogP contribution in [-0.2, 0) is 13.1 Å². The van der Waals surface area contributed by atoms with E-state index in [1.807, 2.05) is 6.92 Å². The van der Waals surface area contributed by atoms with Crippen LogP contribution in [0.15, 0.2) is 42.7 Å². The van der Waals surface area contributed by atoms with Gasteiger partial charge in [0, 0.05) is 31.1 Å². The summed E-state index contributed by atoms with van der Waals surface area (Å²) in [5.74, 6) is 0.582. The molecule has 2 aromatic carbocycles. The van der Waals surface area contributed by atoms with Gasteiger partial charge < -0.3 is 10.6 Å². The van der Waals surface area contributed by atoms with Crippen LogP contribution in [0.2, 0.25) is 0 Å². The van der Waals surface area contributed by atoms with Crippen LogP contribution in [0.4, 0.5) is 17.2 Å². The molecule has 2 N–H and O–H groups in total. The average Bonchev–Trinajstić information content (AvgIpc) is 2.76. The van der Waals surface area contributed by atoms with E-state index in [1.54, 1.807) is 6.07 Å². The van der Waals surface area contributed by atoms with Crippen LogP contribution in [0.25, 0.3) is 10.9 Å². The van der Waals surface area contributed by atoms with Crippen LogP contribution in [-0.4, -0.2) is 39.4 Å². The Morgan fingerprint density at radius 2 is 1.70 bits per heavy atom. The third kappa shape index (κ3) is 5.01. The number of nitro benzene ring substituents is 1. The number of nitrogens with zero attached hydrogens (tertiary/aromatic N) is 4. The molecule has 0 fully saturated rings. The number of rotatable bonds is 10. The van der Waals surface area contributed by atoms with Gasteiger partial charge in [-0.05, 0) is 37.2 Å². The summed E-state index contributed by atoms with van der Waals surface area (Å²) in [6.07, 6.45) is 1.47. The van der Waals surface area contributed by atoms with Crippen LogP contribution < -0.4 is 10.6 Å². The summed E-state index contributed by atoms with van der Waals surface area (Å²) in [6.45, 7) is 10.4. The largest absolute Gasteiger partial charge is 0.380 e. The van der Waals surface area contributed by atoms with Gasteiger partial charge in [-0.1, -0.05) is 38.1 Å². The quantitative estimate of drug-likeness (QED) is 0.378. The highest BCUT2D eigenvalue weighted by Gasteiger charge is 2.17. The van der Waals surface area contributed by atoms with E-state index in [1.165, 1.54) is 18.0 Å². The first-order chi connectivity index (χ1) is 14.5. The number of nitro groups is 1. The molecule has 8 heteroatoms. The zero-order chi connectivity index (χ0) is 21.5. The van der Waals surface area contributed by atoms with Gasteiger partial charge >= 0.3 is 0 Å². The van der Waals surface area contributed by atoms with Crippen molar-refractivity contribution in [2.45, 2.75) is 33.9 Å². The van der Waals surface area contributed by atoms with Crippen LogP contribution in [0.3, 0.4) is 0 Å². The van der Waals surface area contributed by atoms with Crippen molar-refractivity contribution in [2.75, 3.05) is 30.3 Å². The molecular weight excluding hydrogens is 380 g/mol. The fraction of sp³-hybridized carbons (Fsp3) is 0.364. The second kappa shape index (κ2) is 9.98. The minimum atomic E-state index is -0.386. The lowest BCUT2D eigenvalue weighted by molar-refractivity contribution is -0.383.